The minimum Gasteiger partial charge on any atom is -0.497 e. The summed E-state index contributed by atoms with van der Waals surface area (Å²) in [7, 11) is 1.58. The molecule has 8 nitrogen and oxygen atoms in total. The van der Waals surface area contributed by atoms with Crippen LogP contribution in [0, 0.1) is 6.92 Å². The second-order valence-electron chi connectivity index (χ2n) is 8.70. The van der Waals surface area contributed by atoms with Gasteiger partial charge in [0, 0.05) is 30.8 Å². The van der Waals surface area contributed by atoms with Crippen LogP contribution >= 0.6 is 11.3 Å². The highest BCUT2D eigenvalue weighted by Gasteiger charge is 2.32. The van der Waals surface area contributed by atoms with Crippen molar-refractivity contribution >= 4 is 34.2 Å². The first kappa shape index (κ1) is 26.4. The van der Waals surface area contributed by atoms with E-state index in [-0.39, 0.29) is 43.1 Å². The smallest absolute Gasteiger partial charge is 0.247 e. The van der Waals surface area contributed by atoms with Crippen LogP contribution in [-0.4, -0.2) is 47.3 Å². The number of nitrogens with zero attached hydrogens (tertiary/aromatic N) is 2. The fourth-order valence-corrected chi connectivity index (χ4v) is 4.94. The van der Waals surface area contributed by atoms with Gasteiger partial charge in [0.2, 0.25) is 17.7 Å². The average Bonchev–Trinajstić information content (AvgIpc) is 3.27. The fourth-order valence-electron chi connectivity index (χ4n) is 4.23. The van der Waals surface area contributed by atoms with Crippen LogP contribution in [0.15, 0.2) is 42.3 Å². The summed E-state index contributed by atoms with van der Waals surface area (Å²) >= 11 is 1.34. The van der Waals surface area contributed by atoms with Gasteiger partial charge < -0.3 is 20.3 Å². The molecule has 1 aliphatic carbocycles. The number of carbonyl (C=O) groups is 3. The molecule has 1 aromatic heterocycles. The van der Waals surface area contributed by atoms with Gasteiger partial charge in [0.25, 0.3) is 0 Å². The molecule has 0 spiro atoms. The molecule has 1 aliphatic rings. The van der Waals surface area contributed by atoms with Crippen molar-refractivity contribution in [1.29, 1.82) is 0 Å². The van der Waals surface area contributed by atoms with Crippen molar-refractivity contribution in [2.45, 2.75) is 64.0 Å². The highest BCUT2D eigenvalue weighted by Crippen LogP contribution is 2.26. The van der Waals surface area contributed by atoms with Crippen molar-refractivity contribution < 1.29 is 19.1 Å². The number of hydrogen-bond acceptors (Lipinski definition) is 6. The molecule has 1 saturated carbocycles. The summed E-state index contributed by atoms with van der Waals surface area (Å²) in [6.45, 7) is 5.81. The Hall–Kier alpha value is -3.20. The number of nitrogens with one attached hydrogen (secondary N) is 2. The van der Waals surface area contributed by atoms with E-state index in [0.29, 0.717) is 16.4 Å². The zero-order valence-electron chi connectivity index (χ0n) is 20.4. The molecule has 3 amide bonds. The molecule has 0 bridgehead atoms. The molecule has 3 rings (SSSR count). The van der Waals surface area contributed by atoms with E-state index >= 15 is 0 Å². The standard InChI is InChI=1S/C26H34N4O4S/c1-4-16-30(23(32)15-14-22(31)29-26-27-18(2)17-35-26)24(19-10-12-21(34-3)13-11-19)25(33)28-20-8-6-5-7-9-20/h4,10-13,17,20,24H,1,5-9,14-16H2,2-3H3,(H,28,33)(H,27,29,31)/t24-/m1/s1. The van der Waals surface area contributed by atoms with Crippen LogP contribution in [0.2, 0.25) is 0 Å². The van der Waals surface area contributed by atoms with Gasteiger partial charge in [0.05, 0.1) is 12.8 Å². The number of carbonyl (C=O) groups excluding carboxylic acids is 3. The average molecular weight is 499 g/mol. The lowest BCUT2D eigenvalue weighted by Gasteiger charge is -2.33. The molecule has 0 unspecified atom stereocenters. The molecule has 1 aromatic carbocycles. The minimum absolute atomic E-state index is 0.00925. The zero-order valence-corrected chi connectivity index (χ0v) is 21.2. The maximum Gasteiger partial charge on any atom is 0.247 e. The quantitative estimate of drug-likeness (QED) is 0.448. The Morgan fingerprint density at radius 2 is 1.91 bits per heavy atom. The lowest BCUT2D eigenvalue weighted by molar-refractivity contribution is -0.141. The van der Waals surface area contributed by atoms with Gasteiger partial charge in [-0.05, 0) is 37.5 Å². The molecule has 2 aromatic rings. The van der Waals surface area contributed by atoms with Crippen LogP contribution in [0.3, 0.4) is 0 Å². The molecule has 2 N–H and O–H groups in total. The number of anilines is 1. The second kappa shape index (κ2) is 13.0. The molecule has 0 saturated heterocycles. The van der Waals surface area contributed by atoms with Crippen molar-refractivity contribution in [3.63, 3.8) is 0 Å². The van der Waals surface area contributed by atoms with Gasteiger partial charge in [0.1, 0.15) is 11.8 Å². The first-order valence-electron chi connectivity index (χ1n) is 12.0. The first-order valence-corrected chi connectivity index (χ1v) is 12.9. The summed E-state index contributed by atoms with van der Waals surface area (Å²) in [6, 6.07) is 6.41. The maximum absolute atomic E-state index is 13.5. The van der Waals surface area contributed by atoms with E-state index in [9.17, 15) is 14.4 Å². The number of thiazole rings is 1. The largest absolute Gasteiger partial charge is 0.497 e. The molecule has 0 aliphatic heterocycles. The van der Waals surface area contributed by atoms with Crippen molar-refractivity contribution in [1.82, 2.24) is 15.2 Å². The Morgan fingerprint density at radius 1 is 1.20 bits per heavy atom. The number of methoxy groups -OCH3 is 1. The number of benzene rings is 1. The highest BCUT2D eigenvalue weighted by atomic mass is 32.1. The van der Waals surface area contributed by atoms with Gasteiger partial charge in [-0.1, -0.05) is 37.5 Å². The van der Waals surface area contributed by atoms with Crippen molar-refractivity contribution in [2.75, 3.05) is 19.0 Å². The third-order valence-corrected chi connectivity index (χ3v) is 6.90. The Kier molecular flexibility index (Phi) is 9.84. The Bertz CT molecular complexity index is 1010. The summed E-state index contributed by atoms with van der Waals surface area (Å²) in [5, 5.41) is 8.23. The van der Waals surface area contributed by atoms with Gasteiger partial charge >= 0.3 is 0 Å². The van der Waals surface area contributed by atoms with Crippen LogP contribution in [0.1, 0.15) is 62.2 Å². The Labute approximate surface area is 210 Å². The number of aryl methyl sites for hydroxylation is 1. The van der Waals surface area contributed by atoms with E-state index in [1.807, 2.05) is 12.3 Å². The van der Waals surface area contributed by atoms with E-state index in [1.54, 1.807) is 37.5 Å². The molecule has 1 heterocycles. The minimum atomic E-state index is -0.835. The third-order valence-electron chi connectivity index (χ3n) is 6.02. The summed E-state index contributed by atoms with van der Waals surface area (Å²) in [4.78, 5) is 44.9. The maximum atomic E-state index is 13.5. The van der Waals surface area contributed by atoms with Gasteiger partial charge in [-0.15, -0.1) is 17.9 Å². The monoisotopic (exact) mass is 498 g/mol. The number of rotatable bonds is 11. The highest BCUT2D eigenvalue weighted by molar-refractivity contribution is 7.13. The number of aromatic nitrogens is 1. The van der Waals surface area contributed by atoms with E-state index < -0.39 is 6.04 Å². The summed E-state index contributed by atoms with van der Waals surface area (Å²) in [6.07, 6.45) is 6.78. The van der Waals surface area contributed by atoms with Crippen molar-refractivity contribution in [2.24, 2.45) is 0 Å². The van der Waals surface area contributed by atoms with E-state index in [2.05, 4.69) is 22.2 Å². The van der Waals surface area contributed by atoms with Crippen molar-refractivity contribution in [3.05, 3.63) is 53.6 Å². The molecule has 1 fully saturated rings. The fraction of sp³-hybridized carbons (Fsp3) is 0.462. The van der Waals surface area contributed by atoms with E-state index in [1.165, 1.54) is 22.7 Å². The van der Waals surface area contributed by atoms with Crippen LogP contribution in [0.25, 0.3) is 0 Å². The Balaban J connectivity index is 1.76. The first-order chi connectivity index (χ1) is 16.9. The van der Waals surface area contributed by atoms with E-state index in [0.717, 1.165) is 31.4 Å². The second-order valence-corrected chi connectivity index (χ2v) is 9.55. The molecule has 0 radical (unpaired) electrons. The topological polar surface area (TPSA) is 101 Å². The number of hydrogen-bond donors (Lipinski definition) is 2. The number of ether oxygens (including phenoxy) is 1. The normalized spacial score (nSPS) is 14.6. The van der Waals surface area contributed by atoms with Crippen LogP contribution < -0.4 is 15.4 Å². The van der Waals surface area contributed by atoms with Crippen molar-refractivity contribution in [3.8, 4) is 5.75 Å². The summed E-state index contributed by atoms with van der Waals surface area (Å²) in [5.74, 6) is -0.148. The van der Waals surface area contributed by atoms with Gasteiger partial charge in [-0.2, -0.15) is 0 Å². The molecule has 9 heteroatoms. The van der Waals surface area contributed by atoms with Crippen LogP contribution in [-0.2, 0) is 14.4 Å². The van der Waals surface area contributed by atoms with Gasteiger partial charge in [0.15, 0.2) is 5.13 Å². The molecule has 35 heavy (non-hydrogen) atoms. The molecular weight excluding hydrogens is 464 g/mol. The van der Waals surface area contributed by atoms with Crippen LogP contribution in [0.5, 0.6) is 5.75 Å². The summed E-state index contributed by atoms with van der Waals surface area (Å²) in [5.41, 5.74) is 1.50. The summed E-state index contributed by atoms with van der Waals surface area (Å²) < 4.78 is 5.26. The molecule has 1 atom stereocenters. The SMILES string of the molecule is C=CCN(C(=O)CCC(=O)Nc1nc(C)cs1)[C@@H](C(=O)NC1CCCCC1)c1ccc(OC)cc1. The lowest BCUT2D eigenvalue weighted by atomic mass is 9.94. The third kappa shape index (κ3) is 7.65. The predicted molar refractivity (Wildman–Crippen MR) is 137 cm³/mol. The van der Waals surface area contributed by atoms with E-state index in [4.69, 9.17) is 4.74 Å². The molecular formula is C26H34N4O4S. The lowest BCUT2D eigenvalue weighted by Crippen LogP contribution is -2.47. The number of amides is 3. The van der Waals surface area contributed by atoms with Gasteiger partial charge in [-0.3, -0.25) is 14.4 Å². The molecule has 188 valence electrons. The Morgan fingerprint density at radius 3 is 2.51 bits per heavy atom. The predicted octanol–water partition coefficient (Wildman–Crippen LogP) is 4.38. The zero-order chi connectivity index (χ0) is 25.2. The van der Waals surface area contributed by atoms with Crippen LogP contribution in [0.4, 0.5) is 5.13 Å². The van der Waals surface area contributed by atoms with Gasteiger partial charge in [-0.25, -0.2) is 4.98 Å².